The molecule has 1 aromatic heterocycles. The smallest absolute Gasteiger partial charge is 0.329 e. The number of likely N-dealkylation sites (N-methyl/N-ethyl adjacent to an activating group) is 1. The third kappa shape index (κ3) is 19.1. The lowest BCUT2D eigenvalue weighted by atomic mass is 9.94. The van der Waals surface area contributed by atoms with Crippen LogP contribution in [0.25, 0.3) is 10.1 Å². The van der Waals surface area contributed by atoms with Gasteiger partial charge in [-0.15, -0.1) is 11.3 Å². The number of thiophene rings is 1. The minimum Gasteiger partial charge on any atom is -0.458 e. The Kier molecular flexibility index (Phi) is 27.3. The summed E-state index contributed by atoms with van der Waals surface area (Å²) < 4.78 is 6.73. The normalized spacial score (nSPS) is 21.7. The number of aliphatic hydroxyl groups is 2. The van der Waals surface area contributed by atoms with E-state index in [9.17, 15) is 67.7 Å². The molecule has 0 bridgehead atoms. The quantitative estimate of drug-likeness (QED) is 0.0394. The maximum atomic E-state index is 14.4. The van der Waals surface area contributed by atoms with Crippen molar-refractivity contribution in [1.82, 2.24) is 58.5 Å². The second-order valence-electron chi connectivity index (χ2n) is 22.7. The average molecular weight is 1230 g/mol. The van der Waals surface area contributed by atoms with E-state index in [1.54, 1.807) is 62.4 Å². The summed E-state index contributed by atoms with van der Waals surface area (Å²) in [5.41, 5.74) is 5.09. The van der Waals surface area contributed by atoms with Gasteiger partial charge in [0.15, 0.2) is 0 Å². The van der Waals surface area contributed by atoms with Crippen LogP contribution >= 0.6 is 11.3 Å². The lowest BCUT2D eigenvalue weighted by Crippen LogP contribution is -2.63. The van der Waals surface area contributed by atoms with Gasteiger partial charge in [-0.05, 0) is 92.6 Å². The van der Waals surface area contributed by atoms with Crippen LogP contribution in [0.15, 0.2) is 29.6 Å². The van der Waals surface area contributed by atoms with Gasteiger partial charge in [0.25, 0.3) is 0 Å². The number of aliphatic hydroxyl groups excluding tert-OH is 2. The van der Waals surface area contributed by atoms with Crippen LogP contribution in [0.5, 0.6) is 0 Å². The summed E-state index contributed by atoms with van der Waals surface area (Å²) in [7, 11) is 1.62. The zero-order valence-electron chi connectivity index (χ0n) is 51.0. The SMILES string of the molecule is CC[C@H](C)[C@H](NC(=O)[C@@H](Cc1csc2ccccc12)NC)C(=O)N[C@@H](CO)C(=O)N[C@H](CCC(N)=O)C(=O)N[C@@H](C(=O)N[C@H](C(=O)N[C@@H](CO)C(=O)N[C@H]1C(=O)N[C@@H](C)C(=O)NC2(CC2)C(=O)N[C@@H]([C@@H](C)CC)C(=O)O[C@H]1C)[C@@H](C)CC)[C@@H](C)CC. The molecule has 2 fully saturated rings. The van der Waals surface area contributed by atoms with Gasteiger partial charge in [0, 0.05) is 11.1 Å². The van der Waals surface area contributed by atoms with Gasteiger partial charge in [-0.3, -0.25) is 52.7 Å². The number of nitrogens with one attached hydrogen (secondary N) is 11. The van der Waals surface area contributed by atoms with E-state index in [0.29, 0.717) is 19.3 Å². The number of benzene rings is 1. The summed E-state index contributed by atoms with van der Waals surface area (Å²) in [5.74, 6) is -12.7. The fourth-order valence-electron chi connectivity index (χ4n) is 9.50. The molecule has 28 heteroatoms. The van der Waals surface area contributed by atoms with E-state index in [2.05, 4.69) is 58.5 Å². The number of ether oxygens (including phenoxy) is 1. The minimum absolute atomic E-state index is 0.267. The largest absolute Gasteiger partial charge is 0.458 e. The summed E-state index contributed by atoms with van der Waals surface area (Å²) in [6.07, 6.45) is -0.0388. The van der Waals surface area contributed by atoms with Crippen LogP contribution in [-0.2, 0) is 68.7 Å². The summed E-state index contributed by atoms with van der Waals surface area (Å²) in [4.78, 5) is 165. The third-order valence-electron chi connectivity index (χ3n) is 16.4. The van der Waals surface area contributed by atoms with Crippen molar-refractivity contribution in [2.24, 2.45) is 29.4 Å². The predicted molar refractivity (Wildman–Crippen MR) is 318 cm³/mol. The molecular formula is C58H90N12O15S. The Morgan fingerprint density at radius 1 is 0.663 bits per heavy atom. The van der Waals surface area contributed by atoms with Crippen molar-refractivity contribution in [3.05, 3.63) is 35.2 Å². The molecule has 4 rings (SSSR count). The Morgan fingerprint density at radius 3 is 1.65 bits per heavy atom. The molecule has 1 aromatic carbocycles. The molecule has 0 unspecified atom stereocenters. The fraction of sp³-hybridized carbons (Fsp3) is 0.655. The third-order valence-corrected chi connectivity index (χ3v) is 17.4. The number of cyclic esters (lactones) is 1. The number of esters is 1. The summed E-state index contributed by atoms with van der Waals surface area (Å²) in [5, 5.41) is 52.5. The standard InChI is InChI=1S/C58H90N12O15S/c1-12-28(5)42(66-49(76)37(60-11)24-34-27-86-40-19-17-16-18-35(34)40)52(79)63-38(25-71)50(77)62-36(20-21-41(59)73)48(75)65-44(30(7)14-3)54(81)67-43(29(6)13-2)53(80)64-39(26-72)51(78)68-46-33(10)85-56(83)45(31(8)15-4)69-57(84)58(22-23-58)70-47(74)32(9)61-55(46)82/h16-19,27-33,36-39,42-46,60,71-72H,12-15,20-26H2,1-11H3,(H2,59,73)(H,61,82)(H,62,77)(H,63,79)(H,64,80)(H,65,75)(H,66,76)(H,67,81)(H,68,78)(H,69,84)(H,70,74)/t28-,29-,30-,31-,32-,33-,36+,37+,38-,39-,42-,43-,44+,45-,46+/m0/s1. The fourth-order valence-corrected chi connectivity index (χ4v) is 10.5. The van der Waals surface area contributed by atoms with Gasteiger partial charge >= 0.3 is 5.97 Å². The first-order valence-electron chi connectivity index (χ1n) is 29.5. The van der Waals surface area contributed by atoms with Crippen LogP contribution in [0.1, 0.15) is 126 Å². The van der Waals surface area contributed by atoms with Crippen molar-refractivity contribution in [2.75, 3.05) is 20.3 Å². The van der Waals surface area contributed by atoms with Crippen LogP contribution in [0.2, 0.25) is 0 Å². The lowest BCUT2D eigenvalue weighted by molar-refractivity contribution is -0.157. The van der Waals surface area contributed by atoms with Crippen LogP contribution in [-0.4, -0.2) is 173 Å². The van der Waals surface area contributed by atoms with Crippen LogP contribution in [0.3, 0.4) is 0 Å². The average Bonchev–Trinajstić information content (AvgIpc) is 2.03. The maximum Gasteiger partial charge on any atom is 0.329 e. The second-order valence-corrected chi connectivity index (χ2v) is 23.6. The van der Waals surface area contributed by atoms with Crippen LogP contribution in [0.4, 0.5) is 0 Å². The van der Waals surface area contributed by atoms with Crippen molar-refractivity contribution >= 4 is 92.4 Å². The molecule has 2 aromatic rings. The summed E-state index contributed by atoms with van der Waals surface area (Å²) in [6.45, 7) is 14.3. The van der Waals surface area contributed by atoms with Gasteiger partial charge in [-0.2, -0.15) is 0 Å². The first-order chi connectivity index (χ1) is 40.6. The van der Waals surface area contributed by atoms with E-state index in [-0.39, 0.29) is 25.7 Å². The number of hydrogen-bond acceptors (Lipinski definition) is 17. The molecule has 27 nitrogen and oxygen atoms in total. The molecule has 1 spiro atoms. The molecule has 2 heterocycles. The molecular weight excluding hydrogens is 1140 g/mol. The molecule has 1 aliphatic heterocycles. The topological polar surface area (TPSA) is 413 Å². The Balaban J connectivity index is 1.50. The van der Waals surface area contributed by atoms with E-state index in [1.165, 1.54) is 25.2 Å². The summed E-state index contributed by atoms with van der Waals surface area (Å²) in [6, 6.07) is -6.31. The van der Waals surface area contributed by atoms with Crippen molar-refractivity contribution in [1.29, 1.82) is 0 Å². The van der Waals surface area contributed by atoms with Crippen molar-refractivity contribution in [3.63, 3.8) is 0 Å². The molecule has 1 aliphatic carbocycles. The number of amides is 11. The molecule has 11 amide bonds. The minimum atomic E-state index is -1.80. The van der Waals surface area contributed by atoms with Crippen LogP contribution < -0.4 is 64.2 Å². The Morgan fingerprint density at radius 2 is 1.15 bits per heavy atom. The van der Waals surface area contributed by atoms with Gasteiger partial charge in [0.1, 0.15) is 66.0 Å². The van der Waals surface area contributed by atoms with E-state index < -0.39 is 193 Å². The zero-order valence-corrected chi connectivity index (χ0v) is 51.8. The molecule has 86 heavy (non-hydrogen) atoms. The van der Waals surface area contributed by atoms with E-state index >= 15 is 0 Å². The Labute approximate surface area is 505 Å². The molecule has 1 saturated heterocycles. The number of fused-ring (bicyclic) bond motifs is 1. The molecule has 15 N–H and O–H groups in total. The highest BCUT2D eigenvalue weighted by atomic mass is 32.1. The number of rotatable bonds is 30. The maximum absolute atomic E-state index is 14.4. The molecule has 478 valence electrons. The monoisotopic (exact) mass is 1230 g/mol. The Hall–Kier alpha value is -7.30. The molecule has 1 saturated carbocycles. The number of carbonyl (C=O) groups excluding carboxylic acids is 12. The number of carbonyl (C=O) groups is 12. The van der Waals surface area contributed by atoms with E-state index in [1.807, 2.05) is 29.6 Å². The molecule has 0 radical (unpaired) electrons. The van der Waals surface area contributed by atoms with Gasteiger partial charge < -0.3 is 79.2 Å². The predicted octanol–water partition coefficient (Wildman–Crippen LogP) is -1.56. The molecule has 15 atom stereocenters. The summed E-state index contributed by atoms with van der Waals surface area (Å²) >= 11 is 1.54. The van der Waals surface area contributed by atoms with Crippen LogP contribution in [0, 0.1) is 23.7 Å². The molecule has 2 aliphatic rings. The first-order valence-corrected chi connectivity index (χ1v) is 30.4. The van der Waals surface area contributed by atoms with E-state index in [4.69, 9.17) is 10.5 Å². The number of primary amides is 1. The van der Waals surface area contributed by atoms with Gasteiger partial charge in [0.2, 0.25) is 65.0 Å². The zero-order chi connectivity index (χ0) is 64.3. The highest BCUT2D eigenvalue weighted by Gasteiger charge is 2.53. The first kappa shape index (κ1) is 71.2. The number of nitrogens with two attached hydrogens (primary N) is 1. The van der Waals surface area contributed by atoms with Crippen molar-refractivity contribution < 1.29 is 72.5 Å². The van der Waals surface area contributed by atoms with E-state index in [0.717, 1.165) is 15.6 Å². The van der Waals surface area contributed by atoms with Gasteiger partial charge in [-0.1, -0.05) is 99.3 Å². The van der Waals surface area contributed by atoms with Gasteiger partial charge in [-0.25, -0.2) is 4.79 Å². The van der Waals surface area contributed by atoms with Gasteiger partial charge in [0.05, 0.1) is 19.3 Å². The highest BCUT2D eigenvalue weighted by molar-refractivity contribution is 7.17. The number of hydrogen-bond donors (Lipinski definition) is 14. The highest BCUT2D eigenvalue weighted by Crippen LogP contribution is 2.36. The second kappa shape index (κ2) is 33.0. The lowest BCUT2D eigenvalue weighted by Gasteiger charge is -2.31. The van der Waals surface area contributed by atoms with Crippen molar-refractivity contribution in [3.8, 4) is 0 Å². The Bertz CT molecular complexity index is 2760. The van der Waals surface area contributed by atoms with Crippen molar-refractivity contribution in [2.45, 2.75) is 199 Å².